The van der Waals surface area contributed by atoms with E-state index < -0.39 is 23.4 Å². The molecule has 1 spiro atoms. The van der Waals surface area contributed by atoms with Crippen molar-refractivity contribution in [1.82, 2.24) is 0 Å². The second-order valence-corrected chi connectivity index (χ2v) is 11.2. The lowest BCUT2D eigenvalue weighted by atomic mass is 9.64. The molecule has 3 aliphatic heterocycles. The quantitative estimate of drug-likeness (QED) is 0.289. The lowest BCUT2D eigenvalue weighted by Crippen LogP contribution is -2.51. The Morgan fingerprint density at radius 3 is 2.00 bits per heavy atom. The van der Waals surface area contributed by atoms with E-state index in [1.807, 2.05) is 60.4 Å². The highest BCUT2D eigenvalue weighted by Gasteiger charge is 2.70. The SMILES string of the molecule is COc1ccc(C(=O)[C@@H]2[C@H](C(=O)c3ccc(OC)cc3)N3c4ccccc4C(C)=C[C@@H]3[C@@]23C(=O)Nc2ccccc23)cc1. The molecule has 1 amide bonds. The Morgan fingerprint density at radius 2 is 1.35 bits per heavy atom. The van der Waals surface area contributed by atoms with Gasteiger partial charge >= 0.3 is 0 Å². The van der Waals surface area contributed by atoms with Gasteiger partial charge in [-0.15, -0.1) is 0 Å². The Bertz CT molecular complexity index is 1810. The average molecular weight is 571 g/mol. The summed E-state index contributed by atoms with van der Waals surface area (Å²) in [7, 11) is 3.14. The second kappa shape index (κ2) is 9.98. The van der Waals surface area contributed by atoms with Gasteiger partial charge in [-0.2, -0.15) is 0 Å². The van der Waals surface area contributed by atoms with Gasteiger partial charge in [-0.05, 0) is 78.7 Å². The number of amides is 1. The molecule has 1 N–H and O–H groups in total. The summed E-state index contributed by atoms with van der Waals surface area (Å²) in [5.74, 6) is -0.620. The predicted molar refractivity (Wildman–Crippen MR) is 165 cm³/mol. The van der Waals surface area contributed by atoms with Crippen molar-refractivity contribution in [2.75, 3.05) is 24.4 Å². The Labute approximate surface area is 249 Å². The van der Waals surface area contributed by atoms with Crippen molar-refractivity contribution in [2.24, 2.45) is 5.92 Å². The minimum Gasteiger partial charge on any atom is -0.497 e. The molecular formula is C36H30N2O5. The predicted octanol–water partition coefficient (Wildman–Crippen LogP) is 5.95. The maximum Gasteiger partial charge on any atom is 0.238 e. The lowest BCUT2D eigenvalue weighted by molar-refractivity contribution is -0.121. The Balaban J connectivity index is 1.52. The molecule has 1 saturated heterocycles. The third-order valence-electron chi connectivity index (χ3n) is 9.18. The maximum absolute atomic E-state index is 14.9. The number of ketones is 2. The molecule has 7 nitrogen and oxygen atoms in total. The van der Waals surface area contributed by atoms with Gasteiger partial charge in [0, 0.05) is 28.1 Å². The molecule has 7 heteroatoms. The fourth-order valence-corrected chi connectivity index (χ4v) is 7.25. The van der Waals surface area contributed by atoms with Crippen LogP contribution in [0, 0.1) is 5.92 Å². The number of methoxy groups -OCH3 is 2. The highest BCUT2D eigenvalue weighted by Crippen LogP contribution is 2.58. The number of benzene rings is 4. The largest absolute Gasteiger partial charge is 0.497 e. The van der Waals surface area contributed by atoms with Crippen molar-refractivity contribution < 1.29 is 23.9 Å². The van der Waals surface area contributed by atoms with Crippen LogP contribution >= 0.6 is 0 Å². The summed E-state index contributed by atoms with van der Waals surface area (Å²) in [5, 5.41) is 3.08. The van der Waals surface area contributed by atoms with Gasteiger partial charge in [0.1, 0.15) is 23.0 Å². The van der Waals surface area contributed by atoms with E-state index >= 15 is 0 Å². The smallest absolute Gasteiger partial charge is 0.238 e. The van der Waals surface area contributed by atoms with E-state index in [0.29, 0.717) is 28.3 Å². The van der Waals surface area contributed by atoms with Crippen molar-refractivity contribution in [1.29, 1.82) is 0 Å². The van der Waals surface area contributed by atoms with Crippen LogP contribution in [-0.2, 0) is 10.2 Å². The number of Topliss-reactive ketones (excluding diaryl/α,β-unsaturated/α-hetero) is 2. The number of hydrogen-bond donors (Lipinski definition) is 1. The third kappa shape index (κ3) is 3.77. The molecule has 7 rings (SSSR count). The van der Waals surface area contributed by atoms with Crippen molar-refractivity contribution in [3.05, 3.63) is 125 Å². The molecule has 0 saturated carbocycles. The third-order valence-corrected chi connectivity index (χ3v) is 9.18. The number of carbonyl (C=O) groups is 3. The van der Waals surface area contributed by atoms with Crippen LogP contribution in [-0.4, -0.2) is 43.8 Å². The molecule has 214 valence electrons. The molecule has 0 aromatic heterocycles. The first-order valence-electron chi connectivity index (χ1n) is 14.2. The molecule has 0 unspecified atom stereocenters. The number of rotatable bonds is 6. The molecule has 3 heterocycles. The summed E-state index contributed by atoms with van der Waals surface area (Å²) in [6, 6.07) is 27.6. The Hall–Kier alpha value is -5.17. The van der Waals surface area contributed by atoms with Crippen LogP contribution in [0.2, 0.25) is 0 Å². The number of allylic oxidation sites excluding steroid dienone is 1. The molecule has 1 fully saturated rings. The molecule has 0 bridgehead atoms. The number of nitrogens with zero attached hydrogens (tertiary/aromatic N) is 1. The van der Waals surface area contributed by atoms with Crippen LogP contribution in [0.3, 0.4) is 0 Å². The Morgan fingerprint density at radius 1 is 0.767 bits per heavy atom. The van der Waals surface area contributed by atoms with E-state index in [-0.39, 0.29) is 17.5 Å². The number of carbonyl (C=O) groups excluding carboxylic acids is 3. The fraction of sp³-hybridized carbons (Fsp3) is 0.194. The van der Waals surface area contributed by atoms with Crippen LogP contribution in [0.15, 0.2) is 103 Å². The van der Waals surface area contributed by atoms with E-state index in [2.05, 4.69) is 11.4 Å². The molecule has 4 atom stereocenters. The molecule has 4 aromatic carbocycles. The van der Waals surface area contributed by atoms with Gasteiger partial charge in [0.15, 0.2) is 11.6 Å². The minimum absolute atomic E-state index is 0.240. The summed E-state index contributed by atoms with van der Waals surface area (Å²) in [5.41, 5.74) is 3.62. The van der Waals surface area contributed by atoms with Gasteiger partial charge in [-0.3, -0.25) is 14.4 Å². The zero-order valence-corrected chi connectivity index (χ0v) is 24.0. The van der Waals surface area contributed by atoms with Gasteiger partial charge in [0.25, 0.3) is 0 Å². The van der Waals surface area contributed by atoms with Gasteiger partial charge < -0.3 is 19.7 Å². The van der Waals surface area contributed by atoms with E-state index in [1.165, 1.54) is 0 Å². The normalized spacial score (nSPS) is 23.1. The van der Waals surface area contributed by atoms with Crippen molar-refractivity contribution in [3.63, 3.8) is 0 Å². The topological polar surface area (TPSA) is 84.9 Å². The molecular weight excluding hydrogens is 540 g/mol. The second-order valence-electron chi connectivity index (χ2n) is 11.2. The van der Waals surface area contributed by atoms with Crippen LogP contribution < -0.4 is 19.7 Å². The first kappa shape index (κ1) is 26.7. The molecule has 3 aliphatic rings. The molecule has 0 radical (unpaired) electrons. The zero-order valence-electron chi connectivity index (χ0n) is 24.0. The van der Waals surface area contributed by atoms with E-state index in [0.717, 1.165) is 22.4 Å². The standard InChI is InChI=1S/C36H30N2O5/c1-21-20-30-36(27-9-5-6-10-28(27)37-35(36)41)31(33(39)22-12-16-24(42-2)17-13-22)32(38(30)29-11-7-4-8-26(21)29)34(40)23-14-18-25(43-3)19-15-23/h4-20,30-32H,1-3H3,(H,37,41)/t30-,31+,32-,36-/m1/s1. The van der Waals surface area contributed by atoms with Crippen LogP contribution in [0.25, 0.3) is 5.57 Å². The van der Waals surface area contributed by atoms with Gasteiger partial charge in [0.2, 0.25) is 5.91 Å². The van der Waals surface area contributed by atoms with Gasteiger partial charge in [-0.1, -0.05) is 42.5 Å². The van der Waals surface area contributed by atoms with Crippen molar-refractivity contribution in [3.8, 4) is 11.5 Å². The van der Waals surface area contributed by atoms with E-state index in [1.54, 1.807) is 62.8 Å². The number of para-hydroxylation sites is 2. The number of fused-ring (bicyclic) bond motifs is 6. The lowest BCUT2D eigenvalue weighted by Gasteiger charge is -2.39. The number of nitrogens with one attached hydrogen (secondary N) is 1. The van der Waals surface area contributed by atoms with E-state index in [9.17, 15) is 14.4 Å². The van der Waals surface area contributed by atoms with Gasteiger partial charge in [0.05, 0.1) is 26.2 Å². The molecule has 43 heavy (non-hydrogen) atoms. The van der Waals surface area contributed by atoms with Crippen LogP contribution in [0.4, 0.5) is 11.4 Å². The summed E-state index contributed by atoms with van der Waals surface area (Å²) in [6.07, 6.45) is 2.06. The van der Waals surface area contributed by atoms with E-state index in [4.69, 9.17) is 9.47 Å². The summed E-state index contributed by atoms with van der Waals surface area (Å²) >= 11 is 0. The van der Waals surface area contributed by atoms with Crippen LogP contribution in [0.1, 0.15) is 38.8 Å². The fourth-order valence-electron chi connectivity index (χ4n) is 7.25. The summed E-state index contributed by atoms with van der Waals surface area (Å²) in [6.45, 7) is 2.02. The summed E-state index contributed by atoms with van der Waals surface area (Å²) < 4.78 is 10.7. The molecule has 4 aromatic rings. The highest BCUT2D eigenvalue weighted by atomic mass is 16.5. The highest BCUT2D eigenvalue weighted by molar-refractivity contribution is 6.18. The van der Waals surface area contributed by atoms with Gasteiger partial charge in [-0.25, -0.2) is 0 Å². The first-order valence-corrected chi connectivity index (χ1v) is 14.2. The minimum atomic E-state index is -1.37. The van der Waals surface area contributed by atoms with Crippen molar-refractivity contribution in [2.45, 2.75) is 24.4 Å². The first-order chi connectivity index (χ1) is 20.9. The number of ether oxygens (including phenoxy) is 2. The average Bonchev–Trinajstić information content (AvgIpc) is 3.52. The maximum atomic E-state index is 14.9. The molecule has 0 aliphatic carbocycles. The number of hydrogen-bond acceptors (Lipinski definition) is 6. The Kier molecular flexibility index (Phi) is 6.20. The zero-order chi connectivity index (χ0) is 29.9. The van der Waals surface area contributed by atoms with Crippen molar-refractivity contribution >= 4 is 34.4 Å². The summed E-state index contributed by atoms with van der Waals surface area (Å²) in [4.78, 5) is 46.2. The number of anilines is 2. The monoisotopic (exact) mass is 570 g/mol. The van der Waals surface area contributed by atoms with Crippen LogP contribution in [0.5, 0.6) is 11.5 Å².